The Kier molecular flexibility index (Phi) is 5.51. The SMILES string of the molecule is Cc1ccc([C@@H]2SCC(=O)N2[C@@H](C)C(=O)NCC(C)C)cc1. The minimum Gasteiger partial charge on any atom is -0.354 e. The first-order valence-electron chi connectivity index (χ1n) is 7.67. The maximum Gasteiger partial charge on any atom is 0.242 e. The molecule has 1 N–H and O–H groups in total. The van der Waals surface area contributed by atoms with E-state index in [4.69, 9.17) is 0 Å². The Morgan fingerprint density at radius 3 is 2.55 bits per heavy atom. The van der Waals surface area contributed by atoms with E-state index in [0.29, 0.717) is 18.2 Å². The molecule has 2 rings (SSSR count). The molecular formula is C17H24N2O2S. The van der Waals surface area contributed by atoms with Crippen LogP contribution in [0.3, 0.4) is 0 Å². The lowest BCUT2D eigenvalue weighted by molar-refractivity contribution is -0.137. The molecule has 1 aromatic rings. The topological polar surface area (TPSA) is 49.4 Å². The van der Waals surface area contributed by atoms with Crippen molar-refractivity contribution in [3.05, 3.63) is 35.4 Å². The number of benzene rings is 1. The van der Waals surface area contributed by atoms with Gasteiger partial charge in [0.15, 0.2) is 0 Å². The quantitative estimate of drug-likeness (QED) is 0.907. The molecule has 1 aliphatic rings. The summed E-state index contributed by atoms with van der Waals surface area (Å²) in [5.41, 5.74) is 2.26. The maximum absolute atomic E-state index is 12.3. The van der Waals surface area contributed by atoms with Gasteiger partial charge in [0.25, 0.3) is 0 Å². The number of hydrogen-bond acceptors (Lipinski definition) is 3. The molecule has 0 radical (unpaired) electrons. The molecule has 0 unspecified atom stereocenters. The van der Waals surface area contributed by atoms with Crippen LogP contribution in [-0.2, 0) is 9.59 Å². The Morgan fingerprint density at radius 1 is 1.32 bits per heavy atom. The zero-order chi connectivity index (χ0) is 16.3. The number of hydrogen-bond donors (Lipinski definition) is 1. The number of carbonyl (C=O) groups is 2. The van der Waals surface area contributed by atoms with E-state index < -0.39 is 6.04 Å². The van der Waals surface area contributed by atoms with Crippen LogP contribution in [0.4, 0.5) is 0 Å². The van der Waals surface area contributed by atoms with Crippen molar-refractivity contribution in [2.45, 2.75) is 39.1 Å². The highest BCUT2D eigenvalue weighted by Crippen LogP contribution is 2.39. The number of rotatable bonds is 5. The second-order valence-corrected chi connectivity index (χ2v) is 7.26. The molecule has 0 bridgehead atoms. The molecule has 0 aromatic heterocycles. The highest BCUT2D eigenvalue weighted by atomic mass is 32.2. The van der Waals surface area contributed by atoms with Gasteiger partial charge in [0.1, 0.15) is 11.4 Å². The average Bonchev–Trinajstić information content (AvgIpc) is 2.86. The zero-order valence-corrected chi connectivity index (χ0v) is 14.4. The summed E-state index contributed by atoms with van der Waals surface area (Å²) in [5.74, 6) is 0.775. The molecule has 1 fully saturated rings. The van der Waals surface area contributed by atoms with Crippen molar-refractivity contribution >= 4 is 23.6 Å². The van der Waals surface area contributed by atoms with Crippen LogP contribution < -0.4 is 5.32 Å². The average molecular weight is 320 g/mol. The lowest BCUT2D eigenvalue weighted by Crippen LogP contribution is -2.47. The van der Waals surface area contributed by atoms with Gasteiger partial charge in [-0.1, -0.05) is 43.7 Å². The lowest BCUT2D eigenvalue weighted by Gasteiger charge is -2.29. The fourth-order valence-corrected chi connectivity index (χ4v) is 3.68. The molecular weight excluding hydrogens is 296 g/mol. The normalized spacial score (nSPS) is 19.6. The zero-order valence-electron chi connectivity index (χ0n) is 13.6. The van der Waals surface area contributed by atoms with Crippen LogP contribution in [0.1, 0.15) is 37.3 Å². The van der Waals surface area contributed by atoms with Crippen LogP contribution in [0.25, 0.3) is 0 Å². The molecule has 0 saturated carbocycles. The van der Waals surface area contributed by atoms with Gasteiger partial charge in [-0.3, -0.25) is 9.59 Å². The van der Waals surface area contributed by atoms with Gasteiger partial charge in [-0.15, -0.1) is 11.8 Å². The van der Waals surface area contributed by atoms with Crippen molar-refractivity contribution in [1.29, 1.82) is 0 Å². The van der Waals surface area contributed by atoms with Crippen LogP contribution in [-0.4, -0.2) is 35.1 Å². The van der Waals surface area contributed by atoms with Gasteiger partial charge in [-0.25, -0.2) is 0 Å². The van der Waals surface area contributed by atoms with Crippen molar-refractivity contribution in [3.63, 3.8) is 0 Å². The van der Waals surface area contributed by atoms with Gasteiger partial charge in [0, 0.05) is 6.54 Å². The molecule has 1 aromatic carbocycles. The first-order valence-corrected chi connectivity index (χ1v) is 8.72. The lowest BCUT2D eigenvalue weighted by atomic mass is 10.1. The van der Waals surface area contributed by atoms with E-state index in [2.05, 4.69) is 19.2 Å². The summed E-state index contributed by atoms with van der Waals surface area (Å²) in [7, 11) is 0. The number of carbonyl (C=O) groups excluding carboxylic acids is 2. The standard InChI is InChI=1S/C17H24N2O2S/c1-11(2)9-18-16(21)13(4)19-15(20)10-22-17(19)14-7-5-12(3)6-8-14/h5-8,11,13,17H,9-10H2,1-4H3,(H,18,21)/t13-,17-/m0/s1. The first-order chi connectivity index (χ1) is 10.4. The van der Waals surface area contributed by atoms with E-state index in [0.717, 1.165) is 5.56 Å². The van der Waals surface area contributed by atoms with Gasteiger partial charge in [0.2, 0.25) is 11.8 Å². The van der Waals surface area contributed by atoms with Crippen LogP contribution >= 0.6 is 11.8 Å². The van der Waals surface area contributed by atoms with E-state index in [1.54, 1.807) is 23.6 Å². The number of thioether (sulfide) groups is 1. The highest BCUT2D eigenvalue weighted by molar-refractivity contribution is 8.00. The second kappa shape index (κ2) is 7.18. The molecule has 4 nitrogen and oxygen atoms in total. The van der Waals surface area contributed by atoms with Crippen LogP contribution in [0.15, 0.2) is 24.3 Å². The van der Waals surface area contributed by atoms with Gasteiger partial charge < -0.3 is 10.2 Å². The molecule has 2 amide bonds. The van der Waals surface area contributed by atoms with E-state index in [-0.39, 0.29) is 17.2 Å². The summed E-state index contributed by atoms with van der Waals surface area (Å²) in [6.45, 7) is 8.58. The van der Waals surface area contributed by atoms with Crippen molar-refractivity contribution in [3.8, 4) is 0 Å². The number of nitrogens with one attached hydrogen (secondary N) is 1. The number of aryl methyl sites for hydroxylation is 1. The van der Waals surface area contributed by atoms with E-state index in [1.165, 1.54) is 5.56 Å². The van der Waals surface area contributed by atoms with Gasteiger partial charge in [-0.2, -0.15) is 0 Å². The smallest absolute Gasteiger partial charge is 0.242 e. The molecule has 1 aliphatic heterocycles. The van der Waals surface area contributed by atoms with Gasteiger partial charge in [0.05, 0.1) is 5.75 Å². The molecule has 1 saturated heterocycles. The minimum atomic E-state index is -0.451. The molecule has 0 aliphatic carbocycles. The van der Waals surface area contributed by atoms with Crippen molar-refractivity contribution in [1.82, 2.24) is 10.2 Å². The maximum atomic E-state index is 12.3. The second-order valence-electron chi connectivity index (χ2n) is 6.19. The van der Waals surface area contributed by atoms with Crippen LogP contribution in [0.5, 0.6) is 0 Å². The van der Waals surface area contributed by atoms with Crippen molar-refractivity contribution in [2.24, 2.45) is 5.92 Å². The molecule has 0 spiro atoms. The van der Waals surface area contributed by atoms with Gasteiger partial charge in [-0.05, 0) is 25.3 Å². The summed E-state index contributed by atoms with van der Waals surface area (Å²) in [5, 5.41) is 2.84. The third kappa shape index (κ3) is 3.83. The molecule has 1 heterocycles. The van der Waals surface area contributed by atoms with E-state index in [9.17, 15) is 9.59 Å². The Hall–Kier alpha value is -1.49. The van der Waals surface area contributed by atoms with Crippen molar-refractivity contribution in [2.75, 3.05) is 12.3 Å². The molecule has 2 atom stereocenters. The Labute approximate surface area is 136 Å². The summed E-state index contributed by atoms with van der Waals surface area (Å²) in [4.78, 5) is 26.2. The number of nitrogens with zero attached hydrogens (tertiary/aromatic N) is 1. The fraction of sp³-hybridized carbons (Fsp3) is 0.529. The first kappa shape index (κ1) is 16.9. The Bertz CT molecular complexity index is 542. The summed E-state index contributed by atoms with van der Waals surface area (Å²) < 4.78 is 0. The predicted molar refractivity (Wildman–Crippen MR) is 90.5 cm³/mol. The van der Waals surface area contributed by atoms with Crippen LogP contribution in [0, 0.1) is 12.8 Å². The molecule has 22 heavy (non-hydrogen) atoms. The number of amides is 2. The van der Waals surface area contributed by atoms with Crippen LogP contribution in [0.2, 0.25) is 0 Å². The third-order valence-corrected chi connectivity index (χ3v) is 4.98. The van der Waals surface area contributed by atoms with Crippen molar-refractivity contribution < 1.29 is 9.59 Å². The largest absolute Gasteiger partial charge is 0.354 e. The highest BCUT2D eigenvalue weighted by Gasteiger charge is 2.38. The van der Waals surface area contributed by atoms with Gasteiger partial charge >= 0.3 is 0 Å². The van der Waals surface area contributed by atoms with E-state index >= 15 is 0 Å². The Balaban J connectivity index is 2.13. The summed E-state index contributed by atoms with van der Waals surface area (Å²) in [6, 6.07) is 7.71. The monoisotopic (exact) mass is 320 g/mol. The third-order valence-electron chi connectivity index (χ3n) is 3.75. The summed E-state index contributed by atoms with van der Waals surface area (Å²) >= 11 is 1.58. The molecule has 5 heteroatoms. The summed E-state index contributed by atoms with van der Waals surface area (Å²) in [6.07, 6.45) is 0. The Morgan fingerprint density at radius 2 is 1.95 bits per heavy atom. The molecule has 120 valence electrons. The van der Waals surface area contributed by atoms with E-state index in [1.807, 2.05) is 31.2 Å². The minimum absolute atomic E-state index is 0.0303. The fourth-order valence-electron chi connectivity index (χ4n) is 2.42. The predicted octanol–water partition coefficient (Wildman–Crippen LogP) is 2.73.